The molecule has 1 heterocycles. The summed E-state index contributed by atoms with van der Waals surface area (Å²) >= 11 is 0. The topological polar surface area (TPSA) is 47.3 Å². The smallest absolute Gasteiger partial charge is 0.0475 e. The fourth-order valence-corrected chi connectivity index (χ4v) is 3.25. The maximum atomic E-state index is 5.89. The molecule has 0 bridgehead atoms. The van der Waals surface area contributed by atoms with Gasteiger partial charge in [0.05, 0.1) is 0 Å². The molecule has 3 N–H and O–H groups in total. The van der Waals surface area contributed by atoms with Crippen LogP contribution < -0.4 is 11.3 Å². The van der Waals surface area contributed by atoms with Crippen LogP contribution >= 0.6 is 0 Å². The van der Waals surface area contributed by atoms with Gasteiger partial charge in [-0.25, -0.2) is 0 Å². The van der Waals surface area contributed by atoms with Crippen LogP contribution in [-0.2, 0) is 10.2 Å². The molecule has 20 heavy (non-hydrogen) atoms. The average Bonchev–Trinajstić information content (AvgIpc) is 2.49. The summed E-state index contributed by atoms with van der Waals surface area (Å²) in [5, 5.41) is 0. The van der Waals surface area contributed by atoms with Gasteiger partial charge in [-0.1, -0.05) is 35.9 Å². The molecule has 1 aliphatic heterocycles. The van der Waals surface area contributed by atoms with Crippen molar-refractivity contribution >= 4 is 0 Å². The van der Waals surface area contributed by atoms with Gasteiger partial charge in [0.1, 0.15) is 0 Å². The van der Waals surface area contributed by atoms with Gasteiger partial charge < -0.3 is 4.74 Å². The first-order valence-corrected chi connectivity index (χ1v) is 7.43. The van der Waals surface area contributed by atoms with E-state index in [2.05, 4.69) is 49.3 Å². The van der Waals surface area contributed by atoms with Gasteiger partial charge >= 0.3 is 0 Å². The first-order chi connectivity index (χ1) is 9.69. The number of ether oxygens (including phenoxy) is 1. The SMILES string of the molecule is C=C(C)CCC(NN)C1(c2ccccc2)CCOCC1. The highest BCUT2D eigenvalue weighted by Gasteiger charge is 2.40. The lowest BCUT2D eigenvalue weighted by atomic mass is 9.67. The van der Waals surface area contributed by atoms with Crippen LogP contribution in [0.1, 0.15) is 38.2 Å². The minimum atomic E-state index is 0.0731. The Morgan fingerprint density at radius 1 is 1.35 bits per heavy atom. The highest BCUT2D eigenvalue weighted by molar-refractivity contribution is 5.28. The van der Waals surface area contributed by atoms with E-state index in [0.29, 0.717) is 0 Å². The van der Waals surface area contributed by atoms with Crippen LogP contribution in [0.4, 0.5) is 0 Å². The van der Waals surface area contributed by atoms with Gasteiger partial charge in [0.15, 0.2) is 0 Å². The summed E-state index contributed by atoms with van der Waals surface area (Å²) in [6.07, 6.45) is 4.05. The molecule has 1 fully saturated rings. The van der Waals surface area contributed by atoms with Crippen molar-refractivity contribution < 1.29 is 4.74 Å². The molecule has 0 amide bonds. The predicted molar refractivity (Wildman–Crippen MR) is 83.3 cm³/mol. The van der Waals surface area contributed by atoms with Crippen molar-refractivity contribution in [1.29, 1.82) is 0 Å². The van der Waals surface area contributed by atoms with Crippen molar-refractivity contribution in [1.82, 2.24) is 5.43 Å². The Morgan fingerprint density at radius 3 is 2.55 bits per heavy atom. The molecule has 3 heteroatoms. The molecule has 1 aromatic carbocycles. The first kappa shape index (κ1) is 15.2. The Labute approximate surface area is 122 Å². The Bertz CT molecular complexity index is 424. The van der Waals surface area contributed by atoms with Gasteiger partial charge in [-0.2, -0.15) is 0 Å². The molecule has 110 valence electrons. The van der Waals surface area contributed by atoms with E-state index >= 15 is 0 Å². The summed E-state index contributed by atoms with van der Waals surface area (Å²) in [5.74, 6) is 5.89. The third-order valence-corrected chi connectivity index (χ3v) is 4.46. The molecular weight excluding hydrogens is 248 g/mol. The van der Waals surface area contributed by atoms with Gasteiger partial charge in [-0.15, -0.1) is 6.58 Å². The van der Waals surface area contributed by atoms with Crippen LogP contribution in [-0.4, -0.2) is 19.3 Å². The van der Waals surface area contributed by atoms with Crippen LogP contribution in [0.5, 0.6) is 0 Å². The predicted octanol–water partition coefficient (Wildman–Crippen LogP) is 2.92. The second-order valence-electron chi connectivity index (χ2n) is 5.85. The number of allylic oxidation sites excluding steroid dienone is 1. The summed E-state index contributed by atoms with van der Waals surface area (Å²) in [6.45, 7) is 7.70. The summed E-state index contributed by atoms with van der Waals surface area (Å²) in [7, 11) is 0. The van der Waals surface area contributed by atoms with E-state index in [-0.39, 0.29) is 11.5 Å². The van der Waals surface area contributed by atoms with Gasteiger partial charge in [0.25, 0.3) is 0 Å². The molecule has 1 saturated heterocycles. The number of hydrogen-bond donors (Lipinski definition) is 2. The molecule has 1 aromatic rings. The molecular formula is C17H26N2O. The van der Waals surface area contributed by atoms with Crippen molar-refractivity contribution in [2.75, 3.05) is 13.2 Å². The van der Waals surface area contributed by atoms with Crippen LogP contribution in [0.2, 0.25) is 0 Å². The van der Waals surface area contributed by atoms with E-state index in [4.69, 9.17) is 10.6 Å². The minimum Gasteiger partial charge on any atom is -0.381 e. The second-order valence-corrected chi connectivity index (χ2v) is 5.85. The second kappa shape index (κ2) is 7.02. The zero-order valence-electron chi connectivity index (χ0n) is 12.4. The van der Waals surface area contributed by atoms with Crippen molar-refractivity contribution in [3.8, 4) is 0 Å². The van der Waals surface area contributed by atoms with Crippen molar-refractivity contribution in [3.05, 3.63) is 48.0 Å². The third-order valence-electron chi connectivity index (χ3n) is 4.46. The summed E-state index contributed by atoms with van der Waals surface area (Å²) in [4.78, 5) is 0. The standard InChI is InChI=1S/C17H26N2O/c1-14(2)8-9-16(19-18)17(10-12-20-13-11-17)15-6-4-3-5-7-15/h3-7,16,19H,1,8-13,18H2,2H3. The molecule has 3 nitrogen and oxygen atoms in total. The molecule has 0 aliphatic carbocycles. The lowest BCUT2D eigenvalue weighted by Crippen LogP contribution is -2.53. The van der Waals surface area contributed by atoms with Crippen LogP contribution in [0.15, 0.2) is 42.5 Å². The Kier molecular flexibility index (Phi) is 5.35. The van der Waals surface area contributed by atoms with E-state index < -0.39 is 0 Å². The van der Waals surface area contributed by atoms with Crippen molar-refractivity contribution in [2.45, 2.75) is 44.1 Å². The maximum Gasteiger partial charge on any atom is 0.0475 e. The molecule has 1 atom stereocenters. The quantitative estimate of drug-likeness (QED) is 0.476. The Hall–Kier alpha value is -1.16. The Balaban J connectivity index is 2.27. The Morgan fingerprint density at radius 2 is 2.00 bits per heavy atom. The van der Waals surface area contributed by atoms with Gasteiger partial charge in [0.2, 0.25) is 0 Å². The number of hydrogen-bond acceptors (Lipinski definition) is 3. The lowest BCUT2D eigenvalue weighted by molar-refractivity contribution is 0.0330. The molecule has 1 unspecified atom stereocenters. The van der Waals surface area contributed by atoms with Crippen LogP contribution in [0.25, 0.3) is 0 Å². The molecule has 0 spiro atoms. The number of rotatable bonds is 6. The van der Waals surface area contributed by atoms with Crippen LogP contribution in [0.3, 0.4) is 0 Å². The highest BCUT2D eigenvalue weighted by Crippen LogP contribution is 2.39. The number of hydrazine groups is 1. The van der Waals surface area contributed by atoms with E-state index in [9.17, 15) is 0 Å². The normalized spacial score (nSPS) is 19.5. The fourth-order valence-electron chi connectivity index (χ4n) is 3.25. The summed E-state index contributed by atoms with van der Waals surface area (Å²) in [5.41, 5.74) is 5.72. The summed E-state index contributed by atoms with van der Waals surface area (Å²) < 4.78 is 5.58. The van der Waals surface area contributed by atoms with Gasteiger partial charge in [-0.05, 0) is 38.2 Å². The molecule has 0 radical (unpaired) electrons. The highest BCUT2D eigenvalue weighted by atomic mass is 16.5. The molecule has 2 rings (SSSR count). The van der Waals surface area contributed by atoms with Gasteiger partial charge in [0, 0.05) is 24.7 Å². The number of nitrogens with one attached hydrogen (secondary N) is 1. The van der Waals surface area contributed by atoms with Crippen molar-refractivity contribution in [2.24, 2.45) is 5.84 Å². The maximum absolute atomic E-state index is 5.89. The fraction of sp³-hybridized carbons (Fsp3) is 0.529. The van der Waals surface area contributed by atoms with E-state index in [0.717, 1.165) is 38.9 Å². The molecule has 0 aromatic heterocycles. The third kappa shape index (κ3) is 3.29. The molecule has 1 aliphatic rings. The van der Waals surface area contributed by atoms with E-state index in [1.54, 1.807) is 0 Å². The van der Waals surface area contributed by atoms with Gasteiger partial charge in [-0.3, -0.25) is 11.3 Å². The molecule has 0 saturated carbocycles. The number of nitrogens with two attached hydrogens (primary N) is 1. The van der Waals surface area contributed by atoms with Crippen LogP contribution in [0, 0.1) is 0 Å². The van der Waals surface area contributed by atoms with E-state index in [1.807, 2.05) is 0 Å². The van der Waals surface area contributed by atoms with Crippen molar-refractivity contribution in [3.63, 3.8) is 0 Å². The number of benzene rings is 1. The zero-order chi connectivity index (χ0) is 14.4. The largest absolute Gasteiger partial charge is 0.381 e. The summed E-state index contributed by atoms with van der Waals surface area (Å²) in [6, 6.07) is 11.0. The monoisotopic (exact) mass is 274 g/mol. The minimum absolute atomic E-state index is 0.0731. The lowest BCUT2D eigenvalue weighted by Gasteiger charge is -2.44. The zero-order valence-corrected chi connectivity index (χ0v) is 12.4. The average molecular weight is 274 g/mol. The van der Waals surface area contributed by atoms with E-state index in [1.165, 1.54) is 11.1 Å². The first-order valence-electron chi connectivity index (χ1n) is 7.43.